The predicted octanol–water partition coefficient (Wildman–Crippen LogP) is 1.16. The Balaban J connectivity index is 1.58. The van der Waals surface area contributed by atoms with E-state index >= 15 is 0 Å². The Hall–Kier alpha value is -0.950. The number of nitrogens with zero attached hydrogens (tertiary/aromatic N) is 1. The summed E-state index contributed by atoms with van der Waals surface area (Å²) in [7, 11) is 0. The van der Waals surface area contributed by atoms with E-state index in [4.69, 9.17) is 9.84 Å². The van der Waals surface area contributed by atoms with Crippen molar-refractivity contribution < 1.29 is 19.4 Å². The SMILES string of the molecule is O=C(O)CC1CSCCN1C(=O)NC1CCOC1C1CC1. The number of nitrogens with one attached hydrogen (secondary N) is 1. The first-order chi connectivity index (χ1) is 10.1. The van der Waals surface area contributed by atoms with Crippen LogP contribution in [0.2, 0.25) is 0 Å². The molecule has 118 valence electrons. The molecule has 3 atom stereocenters. The number of thioether (sulfide) groups is 1. The Morgan fingerprint density at radius 1 is 1.33 bits per heavy atom. The zero-order chi connectivity index (χ0) is 14.8. The van der Waals surface area contributed by atoms with Gasteiger partial charge in [-0.1, -0.05) is 0 Å². The third kappa shape index (κ3) is 3.63. The van der Waals surface area contributed by atoms with Crippen molar-refractivity contribution in [2.75, 3.05) is 24.7 Å². The summed E-state index contributed by atoms with van der Waals surface area (Å²) in [5.74, 6) is 1.33. The number of carbonyl (C=O) groups excluding carboxylic acids is 1. The van der Waals surface area contributed by atoms with E-state index in [1.54, 1.807) is 16.7 Å². The fraction of sp³-hybridized carbons (Fsp3) is 0.857. The molecule has 0 aromatic carbocycles. The lowest BCUT2D eigenvalue weighted by Gasteiger charge is -2.35. The number of carboxylic acid groups (broad SMARTS) is 1. The molecule has 3 fully saturated rings. The molecule has 2 saturated heterocycles. The first-order valence-corrected chi connectivity index (χ1v) is 8.79. The number of aliphatic carboxylic acids is 1. The topological polar surface area (TPSA) is 78.9 Å². The smallest absolute Gasteiger partial charge is 0.318 e. The lowest BCUT2D eigenvalue weighted by molar-refractivity contribution is -0.138. The van der Waals surface area contributed by atoms with Crippen molar-refractivity contribution in [2.45, 2.75) is 43.9 Å². The average molecular weight is 314 g/mol. The highest BCUT2D eigenvalue weighted by atomic mass is 32.2. The maximum atomic E-state index is 12.5. The first-order valence-electron chi connectivity index (χ1n) is 7.63. The summed E-state index contributed by atoms with van der Waals surface area (Å²) in [6.45, 7) is 1.33. The van der Waals surface area contributed by atoms with E-state index in [0.717, 1.165) is 12.2 Å². The van der Waals surface area contributed by atoms with Gasteiger partial charge in [-0.15, -0.1) is 0 Å². The van der Waals surface area contributed by atoms with Crippen molar-refractivity contribution >= 4 is 23.8 Å². The highest BCUT2D eigenvalue weighted by Crippen LogP contribution is 2.38. The summed E-state index contributed by atoms with van der Waals surface area (Å²) in [6, 6.07) is -0.240. The van der Waals surface area contributed by atoms with Crippen LogP contribution in [-0.2, 0) is 9.53 Å². The van der Waals surface area contributed by atoms with Crippen LogP contribution in [0.25, 0.3) is 0 Å². The lowest BCUT2D eigenvalue weighted by Crippen LogP contribution is -2.54. The third-order valence-electron chi connectivity index (χ3n) is 4.43. The van der Waals surface area contributed by atoms with Crippen molar-refractivity contribution in [1.82, 2.24) is 10.2 Å². The largest absolute Gasteiger partial charge is 0.481 e. The predicted molar refractivity (Wildman–Crippen MR) is 79.5 cm³/mol. The third-order valence-corrected chi connectivity index (χ3v) is 5.52. The summed E-state index contributed by atoms with van der Waals surface area (Å²) in [5, 5.41) is 12.1. The van der Waals surface area contributed by atoms with Gasteiger partial charge in [0.1, 0.15) is 0 Å². The van der Waals surface area contributed by atoms with Crippen LogP contribution in [0.1, 0.15) is 25.7 Å². The zero-order valence-electron chi connectivity index (χ0n) is 12.0. The minimum absolute atomic E-state index is 0.0215. The van der Waals surface area contributed by atoms with Gasteiger partial charge in [-0.2, -0.15) is 11.8 Å². The number of urea groups is 1. The summed E-state index contributed by atoms with van der Waals surface area (Å²) in [6.07, 6.45) is 3.43. The molecule has 7 heteroatoms. The van der Waals surface area contributed by atoms with E-state index in [0.29, 0.717) is 24.8 Å². The van der Waals surface area contributed by atoms with Crippen LogP contribution in [-0.4, -0.2) is 64.9 Å². The highest BCUT2D eigenvalue weighted by Gasteiger charge is 2.42. The fourth-order valence-corrected chi connectivity index (χ4v) is 4.25. The summed E-state index contributed by atoms with van der Waals surface area (Å²) in [5.41, 5.74) is 0. The van der Waals surface area contributed by atoms with Gasteiger partial charge in [-0.25, -0.2) is 4.79 Å². The second-order valence-electron chi connectivity index (χ2n) is 6.04. The zero-order valence-corrected chi connectivity index (χ0v) is 12.8. The number of carboxylic acids is 1. The van der Waals surface area contributed by atoms with Crippen LogP contribution in [0.4, 0.5) is 4.79 Å². The number of ether oxygens (including phenoxy) is 1. The van der Waals surface area contributed by atoms with Gasteiger partial charge < -0.3 is 20.1 Å². The monoisotopic (exact) mass is 314 g/mol. The molecule has 3 unspecified atom stereocenters. The maximum absolute atomic E-state index is 12.5. The second kappa shape index (κ2) is 6.44. The number of rotatable bonds is 4. The Morgan fingerprint density at radius 2 is 2.14 bits per heavy atom. The summed E-state index contributed by atoms with van der Waals surface area (Å²) < 4.78 is 5.74. The van der Waals surface area contributed by atoms with Crippen molar-refractivity contribution in [3.63, 3.8) is 0 Å². The molecule has 0 bridgehead atoms. The Morgan fingerprint density at radius 3 is 2.86 bits per heavy atom. The van der Waals surface area contributed by atoms with Crippen molar-refractivity contribution in [1.29, 1.82) is 0 Å². The molecular weight excluding hydrogens is 292 g/mol. The molecule has 2 amide bonds. The summed E-state index contributed by atoms with van der Waals surface area (Å²) in [4.78, 5) is 25.1. The van der Waals surface area contributed by atoms with Crippen molar-refractivity contribution in [3.8, 4) is 0 Å². The van der Waals surface area contributed by atoms with E-state index in [2.05, 4.69) is 5.32 Å². The van der Waals surface area contributed by atoms with Gasteiger partial charge >= 0.3 is 12.0 Å². The van der Waals surface area contributed by atoms with Crippen LogP contribution in [0.15, 0.2) is 0 Å². The molecule has 3 aliphatic rings. The van der Waals surface area contributed by atoms with Crippen LogP contribution in [0.5, 0.6) is 0 Å². The molecule has 0 spiro atoms. The lowest BCUT2D eigenvalue weighted by atomic mass is 10.1. The van der Waals surface area contributed by atoms with E-state index in [-0.39, 0.29) is 30.6 Å². The van der Waals surface area contributed by atoms with E-state index < -0.39 is 5.97 Å². The Kier molecular flexibility index (Phi) is 4.59. The Labute approximate surface area is 128 Å². The van der Waals surface area contributed by atoms with Gasteiger partial charge in [0.25, 0.3) is 0 Å². The number of carbonyl (C=O) groups is 2. The van der Waals surface area contributed by atoms with E-state index in [9.17, 15) is 9.59 Å². The molecule has 0 aromatic rings. The van der Waals surface area contributed by atoms with Crippen LogP contribution >= 0.6 is 11.8 Å². The highest BCUT2D eigenvalue weighted by molar-refractivity contribution is 7.99. The fourth-order valence-electron chi connectivity index (χ4n) is 3.19. The maximum Gasteiger partial charge on any atom is 0.318 e. The number of amides is 2. The Bertz CT molecular complexity index is 416. The van der Waals surface area contributed by atoms with Gasteiger partial charge in [0.15, 0.2) is 0 Å². The average Bonchev–Trinajstić information content (AvgIpc) is 3.19. The van der Waals surface area contributed by atoms with E-state index in [1.807, 2.05) is 0 Å². The van der Waals surface area contributed by atoms with Crippen molar-refractivity contribution in [3.05, 3.63) is 0 Å². The molecular formula is C14H22N2O4S. The van der Waals surface area contributed by atoms with Crippen LogP contribution < -0.4 is 5.32 Å². The minimum Gasteiger partial charge on any atom is -0.481 e. The molecule has 0 aromatic heterocycles. The molecule has 2 N–H and O–H groups in total. The number of hydrogen-bond donors (Lipinski definition) is 2. The molecule has 1 aliphatic carbocycles. The van der Waals surface area contributed by atoms with Crippen LogP contribution in [0, 0.1) is 5.92 Å². The molecule has 21 heavy (non-hydrogen) atoms. The molecule has 6 nitrogen and oxygen atoms in total. The molecule has 3 rings (SSSR count). The van der Waals surface area contributed by atoms with Crippen LogP contribution in [0.3, 0.4) is 0 Å². The molecule has 1 saturated carbocycles. The number of hydrogen-bond acceptors (Lipinski definition) is 4. The van der Waals surface area contributed by atoms with Crippen molar-refractivity contribution in [2.24, 2.45) is 5.92 Å². The molecule has 0 radical (unpaired) electrons. The quantitative estimate of drug-likeness (QED) is 0.814. The van der Waals surface area contributed by atoms with Gasteiger partial charge in [0, 0.05) is 24.7 Å². The molecule has 2 aliphatic heterocycles. The molecule has 2 heterocycles. The standard InChI is InChI=1S/C14H22N2O4S/c17-12(18)7-10-8-21-6-4-16(10)14(19)15-11-3-5-20-13(11)9-1-2-9/h9-11,13H,1-8H2,(H,15,19)(H,17,18). The van der Waals surface area contributed by atoms with Gasteiger partial charge in [0.05, 0.1) is 24.6 Å². The summed E-state index contributed by atoms with van der Waals surface area (Å²) >= 11 is 1.71. The first kappa shape index (κ1) is 15.0. The minimum atomic E-state index is -0.847. The van der Waals surface area contributed by atoms with Gasteiger partial charge in [-0.05, 0) is 25.2 Å². The second-order valence-corrected chi connectivity index (χ2v) is 7.19. The van der Waals surface area contributed by atoms with Gasteiger partial charge in [0.2, 0.25) is 0 Å². The normalized spacial score (nSPS) is 33.0. The van der Waals surface area contributed by atoms with Gasteiger partial charge in [-0.3, -0.25) is 4.79 Å². The van der Waals surface area contributed by atoms with E-state index in [1.165, 1.54) is 12.8 Å².